The third-order valence-electron chi connectivity index (χ3n) is 4.88. The summed E-state index contributed by atoms with van der Waals surface area (Å²) < 4.78 is 11.6. The molecule has 3 rings (SSSR count). The van der Waals surface area contributed by atoms with E-state index in [1.54, 1.807) is 4.90 Å². The normalized spacial score (nSPS) is 26.1. The van der Waals surface area contributed by atoms with Crippen molar-refractivity contribution in [2.24, 2.45) is 0 Å². The van der Waals surface area contributed by atoms with Gasteiger partial charge in [0.25, 0.3) is 5.91 Å². The Morgan fingerprint density at radius 3 is 2.77 bits per heavy atom. The van der Waals surface area contributed by atoms with Crippen LogP contribution in [0, 0.1) is 0 Å². The largest absolute Gasteiger partial charge is 0.335 e. The number of carbonyl (C=O) groups excluding carboxylic acids is 1. The lowest BCUT2D eigenvalue weighted by Gasteiger charge is -2.36. The zero-order valence-electron chi connectivity index (χ0n) is 13.4. The predicted octanol–water partition coefficient (Wildman–Crippen LogP) is 2.44. The fourth-order valence-corrected chi connectivity index (χ4v) is 4.72. The van der Waals surface area contributed by atoms with Crippen LogP contribution in [0.15, 0.2) is 6.07 Å². The fraction of sp³-hybridized carbons (Fsp3) is 0.750. The first kappa shape index (κ1) is 15.7. The quantitative estimate of drug-likeness (QED) is 0.909. The third kappa shape index (κ3) is 3.12. The van der Waals surface area contributed by atoms with Crippen molar-refractivity contribution < 1.29 is 9.00 Å². The van der Waals surface area contributed by atoms with Crippen LogP contribution in [0.4, 0.5) is 0 Å². The van der Waals surface area contributed by atoms with Crippen molar-refractivity contribution in [1.82, 2.24) is 15.1 Å². The topological polar surface area (TPSA) is 66.1 Å². The third-order valence-corrected chi connectivity index (χ3v) is 6.80. The summed E-state index contributed by atoms with van der Waals surface area (Å²) in [5, 5.41) is 7.31. The van der Waals surface area contributed by atoms with Crippen LogP contribution in [0.1, 0.15) is 68.1 Å². The Hall–Kier alpha value is -1.17. The average molecular weight is 323 g/mol. The Kier molecular flexibility index (Phi) is 4.39. The molecule has 1 atom stereocenters. The van der Waals surface area contributed by atoms with Crippen LogP contribution in [-0.4, -0.2) is 48.8 Å². The van der Waals surface area contributed by atoms with Crippen LogP contribution in [-0.2, 0) is 10.8 Å². The van der Waals surface area contributed by atoms with Crippen molar-refractivity contribution in [2.75, 3.05) is 18.8 Å². The summed E-state index contributed by atoms with van der Waals surface area (Å²) in [6.45, 7) is 5.01. The number of aromatic amines is 1. The highest BCUT2D eigenvalue weighted by molar-refractivity contribution is 7.86. The van der Waals surface area contributed by atoms with E-state index >= 15 is 0 Å². The highest BCUT2D eigenvalue weighted by Crippen LogP contribution is 2.32. The van der Waals surface area contributed by atoms with Crippen LogP contribution in [0.2, 0.25) is 0 Å². The molecule has 1 saturated heterocycles. The van der Waals surface area contributed by atoms with Crippen LogP contribution in [0.5, 0.6) is 0 Å². The molecule has 2 fully saturated rings. The predicted molar refractivity (Wildman–Crippen MR) is 87.4 cm³/mol. The number of carbonyl (C=O) groups is 1. The SMILES string of the molecule is CC1(C)CN(C(=O)c2cc(C3CCCCC3)[nH]n2)CC[S@@]1=O. The Morgan fingerprint density at radius 1 is 1.36 bits per heavy atom. The van der Waals surface area contributed by atoms with Crippen molar-refractivity contribution in [1.29, 1.82) is 0 Å². The van der Waals surface area contributed by atoms with Gasteiger partial charge in [0.05, 0.1) is 4.75 Å². The number of hydrogen-bond acceptors (Lipinski definition) is 3. The molecular formula is C16H25N3O2S. The molecule has 1 amide bonds. The van der Waals surface area contributed by atoms with Gasteiger partial charge in [0.15, 0.2) is 0 Å². The molecule has 2 aliphatic rings. The van der Waals surface area contributed by atoms with Crippen LogP contribution in [0.25, 0.3) is 0 Å². The van der Waals surface area contributed by atoms with Gasteiger partial charge in [-0.1, -0.05) is 19.3 Å². The summed E-state index contributed by atoms with van der Waals surface area (Å²) in [7, 11) is -0.865. The van der Waals surface area contributed by atoms with E-state index in [4.69, 9.17) is 0 Å². The van der Waals surface area contributed by atoms with Gasteiger partial charge in [-0.05, 0) is 32.8 Å². The maximum atomic E-state index is 12.6. The monoisotopic (exact) mass is 323 g/mol. The lowest BCUT2D eigenvalue weighted by Crippen LogP contribution is -2.52. The van der Waals surface area contributed by atoms with Crippen molar-refractivity contribution in [2.45, 2.75) is 56.6 Å². The van der Waals surface area contributed by atoms with E-state index in [1.165, 1.54) is 32.1 Å². The Labute approximate surface area is 134 Å². The summed E-state index contributed by atoms with van der Waals surface area (Å²) in [6.07, 6.45) is 6.21. The number of H-pyrrole nitrogens is 1. The standard InChI is InChI=1S/C16H25N3O2S/c1-16(2)11-19(8-9-22(16)21)15(20)14-10-13(17-18-14)12-6-4-3-5-7-12/h10,12H,3-9,11H2,1-2H3,(H,17,18)/t22-/m0/s1. The molecule has 1 aliphatic heterocycles. The zero-order valence-corrected chi connectivity index (χ0v) is 14.2. The molecule has 0 unspecified atom stereocenters. The molecule has 0 aromatic carbocycles. The lowest BCUT2D eigenvalue weighted by atomic mass is 9.87. The molecule has 1 aromatic heterocycles. The number of aromatic nitrogens is 2. The van der Waals surface area contributed by atoms with Gasteiger partial charge in [-0.15, -0.1) is 0 Å². The van der Waals surface area contributed by atoms with E-state index in [1.807, 2.05) is 19.9 Å². The number of rotatable bonds is 2. The van der Waals surface area contributed by atoms with E-state index in [2.05, 4.69) is 10.2 Å². The second kappa shape index (κ2) is 6.14. The average Bonchev–Trinajstić information content (AvgIpc) is 3.00. The van der Waals surface area contributed by atoms with Crippen LogP contribution < -0.4 is 0 Å². The first-order valence-corrected chi connectivity index (χ1v) is 9.52. The van der Waals surface area contributed by atoms with Crippen molar-refractivity contribution in [3.05, 3.63) is 17.5 Å². The lowest BCUT2D eigenvalue weighted by molar-refractivity contribution is 0.0740. The Morgan fingerprint density at radius 2 is 2.09 bits per heavy atom. The van der Waals surface area contributed by atoms with Gasteiger partial charge in [-0.25, -0.2) is 0 Å². The second-order valence-corrected chi connectivity index (χ2v) is 9.28. The van der Waals surface area contributed by atoms with Gasteiger partial charge < -0.3 is 4.90 Å². The Balaban J connectivity index is 1.70. The highest BCUT2D eigenvalue weighted by Gasteiger charge is 2.36. The number of nitrogens with zero attached hydrogens (tertiary/aromatic N) is 2. The molecule has 2 heterocycles. The summed E-state index contributed by atoms with van der Waals surface area (Å²) in [5.74, 6) is 1.04. The maximum Gasteiger partial charge on any atom is 0.274 e. The summed E-state index contributed by atoms with van der Waals surface area (Å²) in [4.78, 5) is 14.4. The molecule has 0 spiro atoms. The zero-order chi connectivity index (χ0) is 15.7. The van der Waals surface area contributed by atoms with E-state index in [9.17, 15) is 9.00 Å². The second-order valence-electron chi connectivity index (χ2n) is 7.08. The van der Waals surface area contributed by atoms with Gasteiger partial charge in [0.2, 0.25) is 0 Å². The fourth-order valence-electron chi connectivity index (χ4n) is 3.48. The van der Waals surface area contributed by atoms with Gasteiger partial charge >= 0.3 is 0 Å². The maximum absolute atomic E-state index is 12.6. The van der Waals surface area contributed by atoms with Gasteiger partial charge in [-0.2, -0.15) is 5.10 Å². The minimum Gasteiger partial charge on any atom is -0.335 e. The van der Waals surface area contributed by atoms with E-state index in [0.29, 0.717) is 30.5 Å². The molecule has 1 saturated carbocycles. The minimum absolute atomic E-state index is 0.0388. The summed E-state index contributed by atoms with van der Waals surface area (Å²) >= 11 is 0. The van der Waals surface area contributed by atoms with E-state index in [0.717, 1.165) is 5.69 Å². The van der Waals surface area contributed by atoms with Crippen molar-refractivity contribution in [3.8, 4) is 0 Å². The van der Waals surface area contributed by atoms with E-state index in [-0.39, 0.29) is 10.7 Å². The molecule has 0 radical (unpaired) electrons. The Bertz CT molecular complexity index is 576. The molecule has 1 aromatic rings. The molecular weight excluding hydrogens is 298 g/mol. The smallest absolute Gasteiger partial charge is 0.274 e. The van der Waals surface area contributed by atoms with Gasteiger partial charge in [0, 0.05) is 41.3 Å². The van der Waals surface area contributed by atoms with Crippen molar-refractivity contribution >= 4 is 16.7 Å². The number of amides is 1. The first-order valence-electron chi connectivity index (χ1n) is 8.20. The van der Waals surface area contributed by atoms with Crippen molar-refractivity contribution in [3.63, 3.8) is 0 Å². The highest BCUT2D eigenvalue weighted by atomic mass is 32.2. The first-order chi connectivity index (χ1) is 10.5. The summed E-state index contributed by atoms with van der Waals surface area (Å²) in [6, 6.07) is 1.93. The molecule has 22 heavy (non-hydrogen) atoms. The molecule has 6 heteroatoms. The van der Waals surface area contributed by atoms with Gasteiger partial charge in [-0.3, -0.25) is 14.1 Å². The van der Waals surface area contributed by atoms with Crippen LogP contribution in [0.3, 0.4) is 0 Å². The summed E-state index contributed by atoms with van der Waals surface area (Å²) in [5.41, 5.74) is 1.60. The molecule has 0 bridgehead atoms. The molecule has 1 aliphatic carbocycles. The van der Waals surface area contributed by atoms with E-state index < -0.39 is 10.8 Å². The number of hydrogen-bond donors (Lipinski definition) is 1. The molecule has 5 nitrogen and oxygen atoms in total. The van der Waals surface area contributed by atoms with Gasteiger partial charge in [0.1, 0.15) is 5.69 Å². The minimum atomic E-state index is -0.865. The van der Waals surface area contributed by atoms with Crippen LogP contribution >= 0.6 is 0 Å². The molecule has 1 N–H and O–H groups in total. The molecule has 122 valence electrons. The number of nitrogens with one attached hydrogen (secondary N) is 1.